The lowest BCUT2D eigenvalue weighted by atomic mass is 10.1. The van der Waals surface area contributed by atoms with E-state index in [0.717, 1.165) is 6.07 Å². The molecule has 0 amide bonds. The summed E-state index contributed by atoms with van der Waals surface area (Å²) in [4.78, 5) is 10.2. The Morgan fingerprint density at radius 2 is 2.12 bits per heavy atom. The van der Waals surface area contributed by atoms with Gasteiger partial charge in [0.2, 0.25) is 0 Å². The first-order chi connectivity index (χ1) is 7.84. The van der Waals surface area contributed by atoms with Gasteiger partial charge in [0.15, 0.2) is 0 Å². The average Bonchev–Trinajstić information content (AvgIpc) is 2.24. The number of nitrogens with zero attached hydrogens (tertiary/aromatic N) is 1. The number of rotatable bonds is 3. The molecule has 0 atom stereocenters. The third-order valence-electron chi connectivity index (χ3n) is 1.89. The van der Waals surface area contributed by atoms with E-state index in [2.05, 4.69) is 5.32 Å². The molecule has 4 nitrogen and oxygen atoms in total. The Labute approximate surface area is 94.3 Å². The number of aliphatic carboxylic acids is 1. The molecule has 1 rings (SSSR count). The van der Waals surface area contributed by atoms with Gasteiger partial charge in [-0.2, -0.15) is 18.4 Å². The normalized spacial score (nSPS) is 10.7. The fraction of sp³-hybridized carbons (Fsp3) is 0.200. The van der Waals surface area contributed by atoms with Crippen molar-refractivity contribution < 1.29 is 23.1 Å². The molecule has 0 bridgehead atoms. The number of carbonyl (C=O) groups is 1. The molecule has 0 saturated carbocycles. The SMILES string of the molecule is N#Cc1ccc(NCC(=O)O)cc1C(F)(F)F. The van der Waals surface area contributed by atoms with Gasteiger partial charge in [-0.15, -0.1) is 0 Å². The maximum atomic E-state index is 12.5. The van der Waals surface area contributed by atoms with E-state index < -0.39 is 29.8 Å². The average molecular weight is 244 g/mol. The minimum Gasteiger partial charge on any atom is -0.480 e. The van der Waals surface area contributed by atoms with Crippen molar-refractivity contribution in [1.29, 1.82) is 5.26 Å². The van der Waals surface area contributed by atoms with Gasteiger partial charge in [0, 0.05) is 5.69 Å². The zero-order valence-electron chi connectivity index (χ0n) is 8.38. The highest BCUT2D eigenvalue weighted by Crippen LogP contribution is 2.33. The number of nitriles is 1. The first-order valence-corrected chi connectivity index (χ1v) is 4.41. The van der Waals surface area contributed by atoms with Crippen LogP contribution in [0.3, 0.4) is 0 Å². The molecule has 0 aliphatic carbocycles. The number of nitrogens with one attached hydrogen (secondary N) is 1. The minimum atomic E-state index is -4.65. The molecular weight excluding hydrogens is 237 g/mol. The molecule has 90 valence electrons. The van der Waals surface area contributed by atoms with Gasteiger partial charge in [-0.25, -0.2) is 0 Å². The number of halogens is 3. The molecule has 0 saturated heterocycles. The zero-order valence-corrected chi connectivity index (χ0v) is 8.38. The predicted octanol–water partition coefficient (Wildman–Crippen LogP) is 2.07. The molecule has 0 radical (unpaired) electrons. The van der Waals surface area contributed by atoms with Crippen molar-refractivity contribution in [3.63, 3.8) is 0 Å². The van der Waals surface area contributed by atoms with Gasteiger partial charge >= 0.3 is 12.1 Å². The standard InChI is InChI=1S/C10H7F3N2O2/c11-10(12,13)8-3-7(15-5-9(16)17)2-1-6(8)4-14/h1-3,15H,5H2,(H,16,17). The predicted molar refractivity (Wildman–Crippen MR) is 52.3 cm³/mol. The molecule has 17 heavy (non-hydrogen) atoms. The Morgan fingerprint density at radius 3 is 2.59 bits per heavy atom. The Bertz CT molecular complexity index is 477. The van der Waals surface area contributed by atoms with Gasteiger partial charge in [0.05, 0.1) is 17.2 Å². The highest BCUT2D eigenvalue weighted by Gasteiger charge is 2.33. The van der Waals surface area contributed by atoms with E-state index in [9.17, 15) is 18.0 Å². The van der Waals surface area contributed by atoms with Gasteiger partial charge in [-0.05, 0) is 18.2 Å². The number of anilines is 1. The quantitative estimate of drug-likeness (QED) is 0.853. The van der Waals surface area contributed by atoms with E-state index in [0.29, 0.717) is 6.07 Å². The van der Waals surface area contributed by atoms with E-state index in [1.54, 1.807) is 0 Å². The monoisotopic (exact) mass is 244 g/mol. The van der Waals surface area contributed by atoms with Crippen molar-refractivity contribution >= 4 is 11.7 Å². The van der Waals surface area contributed by atoms with Crippen LogP contribution in [-0.2, 0) is 11.0 Å². The summed E-state index contributed by atoms with van der Waals surface area (Å²) in [6.45, 7) is -0.497. The van der Waals surface area contributed by atoms with Crippen LogP contribution in [0.4, 0.5) is 18.9 Å². The molecule has 0 fully saturated rings. The van der Waals surface area contributed by atoms with Gasteiger partial charge < -0.3 is 10.4 Å². The van der Waals surface area contributed by atoms with Crippen LogP contribution in [0.25, 0.3) is 0 Å². The van der Waals surface area contributed by atoms with Crippen molar-refractivity contribution in [2.75, 3.05) is 11.9 Å². The molecule has 7 heteroatoms. The van der Waals surface area contributed by atoms with Crippen molar-refractivity contribution in [3.8, 4) is 6.07 Å². The van der Waals surface area contributed by atoms with Crippen molar-refractivity contribution in [3.05, 3.63) is 29.3 Å². The van der Waals surface area contributed by atoms with Gasteiger partial charge in [0.1, 0.15) is 6.54 Å². The van der Waals surface area contributed by atoms with Crippen LogP contribution >= 0.6 is 0 Å². The molecular formula is C10H7F3N2O2. The third-order valence-corrected chi connectivity index (χ3v) is 1.89. The first kappa shape index (κ1) is 12.8. The number of hydrogen-bond acceptors (Lipinski definition) is 3. The molecule has 0 aliphatic rings. The highest BCUT2D eigenvalue weighted by molar-refractivity contribution is 5.73. The largest absolute Gasteiger partial charge is 0.480 e. The number of benzene rings is 1. The zero-order chi connectivity index (χ0) is 13.1. The van der Waals surface area contributed by atoms with Crippen LogP contribution in [0, 0.1) is 11.3 Å². The molecule has 2 N–H and O–H groups in total. The summed E-state index contributed by atoms with van der Waals surface area (Å²) in [6, 6.07) is 4.35. The van der Waals surface area contributed by atoms with Crippen molar-refractivity contribution in [1.82, 2.24) is 0 Å². The summed E-state index contributed by atoms with van der Waals surface area (Å²) in [7, 11) is 0. The molecule has 0 heterocycles. The maximum absolute atomic E-state index is 12.5. The summed E-state index contributed by atoms with van der Waals surface area (Å²) in [5.41, 5.74) is -1.59. The number of alkyl halides is 3. The fourth-order valence-electron chi connectivity index (χ4n) is 1.16. The van der Waals surface area contributed by atoms with Crippen LogP contribution in [0.1, 0.15) is 11.1 Å². The van der Waals surface area contributed by atoms with Crippen molar-refractivity contribution in [2.24, 2.45) is 0 Å². The summed E-state index contributed by atoms with van der Waals surface area (Å²) in [5, 5.41) is 19.2. The second-order valence-electron chi connectivity index (χ2n) is 3.12. The van der Waals surface area contributed by atoms with E-state index in [4.69, 9.17) is 10.4 Å². The fourth-order valence-corrected chi connectivity index (χ4v) is 1.16. The Balaban J connectivity index is 3.06. The Kier molecular flexibility index (Phi) is 3.58. The van der Waals surface area contributed by atoms with Gasteiger partial charge in [0.25, 0.3) is 0 Å². The van der Waals surface area contributed by atoms with Crippen LogP contribution < -0.4 is 5.32 Å². The molecule has 1 aromatic rings. The summed E-state index contributed by atoms with van der Waals surface area (Å²) in [6.07, 6.45) is -4.65. The summed E-state index contributed by atoms with van der Waals surface area (Å²) < 4.78 is 37.6. The van der Waals surface area contributed by atoms with Crippen LogP contribution in [-0.4, -0.2) is 17.6 Å². The number of carboxylic acid groups (broad SMARTS) is 1. The number of hydrogen-bond donors (Lipinski definition) is 2. The Morgan fingerprint density at radius 1 is 1.47 bits per heavy atom. The third kappa shape index (κ3) is 3.38. The molecule has 0 spiro atoms. The van der Waals surface area contributed by atoms with Crippen LogP contribution in [0.15, 0.2) is 18.2 Å². The van der Waals surface area contributed by atoms with E-state index in [1.807, 2.05) is 0 Å². The number of carboxylic acids is 1. The molecule has 0 aliphatic heterocycles. The summed E-state index contributed by atoms with van der Waals surface area (Å²) >= 11 is 0. The van der Waals surface area contributed by atoms with Gasteiger partial charge in [-0.3, -0.25) is 4.79 Å². The molecule has 1 aromatic carbocycles. The van der Waals surface area contributed by atoms with E-state index in [1.165, 1.54) is 12.1 Å². The topological polar surface area (TPSA) is 73.1 Å². The lowest BCUT2D eigenvalue weighted by molar-refractivity contribution is -0.137. The second-order valence-corrected chi connectivity index (χ2v) is 3.12. The first-order valence-electron chi connectivity index (χ1n) is 4.41. The Hall–Kier alpha value is -2.23. The summed E-state index contributed by atoms with van der Waals surface area (Å²) in [5.74, 6) is -1.19. The molecule has 0 unspecified atom stereocenters. The smallest absolute Gasteiger partial charge is 0.417 e. The van der Waals surface area contributed by atoms with Crippen LogP contribution in [0.2, 0.25) is 0 Å². The van der Waals surface area contributed by atoms with Gasteiger partial charge in [-0.1, -0.05) is 0 Å². The lowest BCUT2D eigenvalue weighted by Crippen LogP contribution is -2.14. The second kappa shape index (κ2) is 4.74. The van der Waals surface area contributed by atoms with Crippen molar-refractivity contribution in [2.45, 2.75) is 6.18 Å². The van der Waals surface area contributed by atoms with Crippen LogP contribution in [0.5, 0.6) is 0 Å². The van der Waals surface area contributed by atoms with E-state index in [-0.39, 0.29) is 5.69 Å². The van der Waals surface area contributed by atoms with E-state index >= 15 is 0 Å². The minimum absolute atomic E-state index is 0.00118. The lowest BCUT2D eigenvalue weighted by Gasteiger charge is -2.11. The molecule has 0 aromatic heterocycles. The highest BCUT2D eigenvalue weighted by atomic mass is 19.4. The maximum Gasteiger partial charge on any atom is 0.417 e.